The second-order valence-corrected chi connectivity index (χ2v) is 11.2. The van der Waals surface area contributed by atoms with Crippen LogP contribution < -0.4 is 5.32 Å². The number of carbonyl (C=O) groups excluding carboxylic acids is 1. The maximum Gasteiger partial charge on any atom is 0.220 e. The van der Waals surface area contributed by atoms with Crippen molar-refractivity contribution >= 4 is 5.91 Å². The normalized spacial score (nSPS) is 13.3. The third-order valence-electron chi connectivity index (χ3n) is 7.52. The number of nitrogens with one attached hydrogen (secondary N) is 1. The minimum Gasteiger partial charge on any atom is -0.394 e. The molecule has 0 aromatic heterocycles. The molecule has 220 valence electrons. The van der Waals surface area contributed by atoms with E-state index in [0.717, 1.165) is 25.7 Å². The molecule has 1 amide bonds. The standard InChI is InChI=1S/C33H65NO3/c1-3-5-7-9-11-13-15-17-18-20-22-24-26-28-32(36)31(30-35)34-33(37)29-27-25-23-21-19-16-14-12-10-8-6-4-2/h26,28,31-32,35-36H,3-25,27,29-30H2,1-2H3,(H,34,37). The van der Waals surface area contributed by atoms with Gasteiger partial charge in [-0.25, -0.2) is 0 Å². The Morgan fingerprint density at radius 2 is 1.00 bits per heavy atom. The molecule has 0 radical (unpaired) electrons. The monoisotopic (exact) mass is 523 g/mol. The van der Waals surface area contributed by atoms with E-state index in [1.54, 1.807) is 6.08 Å². The van der Waals surface area contributed by atoms with E-state index in [9.17, 15) is 15.0 Å². The van der Waals surface area contributed by atoms with E-state index >= 15 is 0 Å². The average Bonchev–Trinajstić information content (AvgIpc) is 2.90. The summed E-state index contributed by atoms with van der Waals surface area (Å²) in [5.41, 5.74) is 0. The fourth-order valence-electron chi connectivity index (χ4n) is 4.94. The van der Waals surface area contributed by atoms with Gasteiger partial charge in [0.2, 0.25) is 5.91 Å². The van der Waals surface area contributed by atoms with E-state index in [4.69, 9.17) is 0 Å². The molecule has 3 N–H and O–H groups in total. The SMILES string of the molecule is CCCCCCCCCCCCCC=CC(O)C(CO)NC(=O)CCCCCCCCCCCCCC. The van der Waals surface area contributed by atoms with Crippen molar-refractivity contribution in [1.29, 1.82) is 0 Å². The molecule has 4 heteroatoms. The number of hydrogen-bond acceptors (Lipinski definition) is 3. The van der Waals surface area contributed by atoms with Crippen molar-refractivity contribution in [3.8, 4) is 0 Å². The fraction of sp³-hybridized carbons (Fsp3) is 0.909. The van der Waals surface area contributed by atoms with Crippen molar-refractivity contribution in [3.05, 3.63) is 12.2 Å². The molecule has 0 aliphatic rings. The second kappa shape index (κ2) is 29.7. The van der Waals surface area contributed by atoms with Crippen molar-refractivity contribution in [1.82, 2.24) is 5.32 Å². The van der Waals surface area contributed by atoms with E-state index in [0.29, 0.717) is 6.42 Å². The number of carbonyl (C=O) groups is 1. The van der Waals surface area contributed by atoms with Gasteiger partial charge in [-0.05, 0) is 19.3 Å². The smallest absolute Gasteiger partial charge is 0.220 e. The summed E-state index contributed by atoms with van der Waals surface area (Å²) in [4.78, 5) is 12.2. The van der Waals surface area contributed by atoms with E-state index in [1.807, 2.05) is 6.08 Å². The highest BCUT2D eigenvalue weighted by molar-refractivity contribution is 5.76. The van der Waals surface area contributed by atoms with Crippen LogP contribution in [0, 0.1) is 0 Å². The zero-order valence-corrected chi connectivity index (χ0v) is 25.0. The molecule has 0 fully saturated rings. The zero-order chi connectivity index (χ0) is 27.2. The van der Waals surface area contributed by atoms with Crippen LogP contribution in [0.3, 0.4) is 0 Å². The molecule has 0 aromatic rings. The van der Waals surface area contributed by atoms with Gasteiger partial charge in [-0.15, -0.1) is 0 Å². The third kappa shape index (κ3) is 26.5. The lowest BCUT2D eigenvalue weighted by Crippen LogP contribution is -2.45. The summed E-state index contributed by atoms with van der Waals surface area (Å²) in [6, 6.07) is -0.613. The van der Waals surface area contributed by atoms with Gasteiger partial charge in [0, 0.05) is 6.42 Å². The maximum absolute atomic E-state index is 12.2. The van der Waals surface area contributed by atoms with E-state index in [-0.39, 0.29) is 12.5 Å². The first-order valence-corrected chi connectivity index (χ1v) is 16.4. The van der Waals surface area contributed by atoms with E-state index in [1.165, 1.54) is 128 Å². The minimum absolute atomic E-state index is 0.0658. The predicted octanol–water partition coefficient (Wildman–Crippen LogP) is 9.17. The highest BCUT2D eigenvalue weighted by Crippen LogP contribution is 2.14. The topological polar surface area (TPSA) is 69.6 Å². The van der Waals surface area contributed by atoms with Gasteiger partial charge in [0.25, 0.3) is 0 Å². The molecule has 0 heterocycles. The van der Waals surface area contributed by atoms with Crippen molar-refractivity contribution < 1.29 is 15.0 Å². The summed E-state index contributed by atoms with van der Waals surface area (Å²) in [6.07, 6.45) is 34.2. The summed E-state index contributed by atoms with van der Waals surface area (Å²) in [7, 11) is 0. The van der Waals surface area contributed by atoms with Crippen molar-refractivity contribution in [3.63, 3.8) is 0 Å². The minimum atomic E-state index is -0.830. The molecule has 0 saturated heterocycles. The average molecular weight is 524 g/mol. The number of allylic oxidation sites excluding steroid dienone is 1. The third-order valence-corrected chi connectivity index (χ3v) is 7.52. The summed E-state index contributed by atoms with van der Waals surface area (Å²) in [5.74, 6) is -0.0658. The zero-order valence-electron chi connectivity index (χ0n) is 25.0. The Bertz CT molecular complexity index is 494. The van der Waals surface area contributed by atoms with Crippen LogP contribution >= 0.6 is 0 Å². The molecule has 37 heavy (non-hydrogen) atoms. The van der Waals surface area contributed by atoms with Crippen LogP contribution in [0.15, 0.2) is 12.2 Å². The molecule has 2 atom stereocenters. The molecule has 2 unspecified atom stereocenters. The first-order valence-electron chi connectivity index (χ1n) is 16.4. The fourth-order valence-corrected chi connectivity index (χ4v) is 4.94. The van der Waals surface area contributed by atoms with Gasteiger partial charge in [0.05, 0.1) is 18.8 Å². The van der Waals surface area contributed by atoms with Crippen LogP contribution in [0.4, 0.5) is 0 Å². The lowest BCUT2D eigenvalue weighted by atomic mass is 10.0. The molecule has 0 saturated carbocycles. The quantitative estimate of drug-likeness (QED) is 0.0676. The Labute approximate surface area is 231 Å². The second-order valence-electron chi connectivity index (χ2n) is 11.2. The van der Waals surface area contributed by atoms with Crippen molar-refractivity contribution in [2.75, 3.05) is 6.61 Å². The van der Waals surface area contributed by atoms with E-state index < -0.39 is 12.1 Å². The van der Waals surface area contributed by atoms with Gasteiger partial charge in [0.1, 0.15) is 0 Å². The van der Waals surface area contributed by atoms with Crippen LogP contribution in [0.1, 0.15) is 174 Å². The van der Waals surface area contributed by atoms with Crippen molar-refractivity contribution in [2.24, 2.45) is 0 Å². The Morgan fingerprint density at radius 3 is 1.41 bits per heavy atom. The molecular formula is C33H65NO3. The molecule has 0 spiro atoms. The summed E-state index contributed by atoms with van der Waals surface area (Å²) in [5, 5.41) is 22.8. The van der Waals surface area contributed by atoms with Gasteiger partial charge in [0.15, 0.2) is 0 Å². The number of aliphatic hydroxyl groups is 2. The molecule has 0 aromatic carbocycles. The summed E-state index contributed by atoms with van der Waals surface area (Å²) < 4.78 is 0. The molecule has 4 nitrogen and oxygen atoms in total. The lowest BCUT2D eigenvalue weighted by molar-refractivity contribution is -0.123. The highest BCUT2D eigenvalue weighted by atomic mass is 16.3. The Balaban J connectivity index is 3.65. The van der Waals surface area contributed by atoms with Crippen LogP contribution in [0.2, 0.25) is 0 Å². The number of aliphatic hydroxyl groups excluding tert-OH is 2. The maximum atomic E-state index is 12.2. The molecule has 0 rings (SSSR count). The Kier molecular flexibility index (Phi) is 29.0. The first kappa shape index (κ1) is 36.1. The number of hydrogen-bond donors (Lipinski definition) is 3. The lowest BCUT2D eigenvalue weighted by Gasteiger charge is -2.20. The van der Waals surface area contributed by atoms with Gasteiger partial charge >= 0.3 is 0 Å². The number of unbranched alkanes of at least 4 members (excludes halogenated alkanes) is 22. The Morgan fingerprint density at radius 1 is 0.622 bits per heavy atom. The number of rotatable bonds is 29. The molecular weight excluding hydrogens is 458 g/mol. The Hall–Kier alpha value is -0.870. The summed E-state index contributed by atoms with van der Waals surface area (Å²) >= 11 is 0. The van der Waals surface area contributed by atoms with Gasteiger partial charge in [-0.1, -0.05) is 161 Å². The van der Waals surface area contributed by atoms with Gasteiger partial charge < -0.3 is 15.5 Å². The predicted molar refractivity (Wildman–Crippen MR) is 161 cm³/mol. The molecule has 0 aliphatic carbocycles. The highest BCUT2D eigenvalue weighted by Gasteiger charge is 2.17. The van der Waals surface area contributed by atoms with E-state index in [2.05, 4.69) is 19.2 Å². The van der Waals surface area contributed by atoms with Crippen LogP contribution in [0.25, 0.3) is 0 Å². The molecule has 0 aliphatic heterocycles. The largest absolute Gasteiger partial charge is 0.394 e. The molecule has 0 bridgehead atoms. The van der Waals surface area contributed by atoms with Crippen LogP contribution in [-0.2, 0) is 4.79 Å². The van der Waals surface area contributed by atoms with Crippen LogP contribution in [0.5, 0.6) is 0 Å². The number of amides is 1. The van der Waals surface area contributed by atoms with Crippen molar-refractivity contribution in [2.45, 2.75) is 187 Å². The van der Waals surface area contributed by atoms with Gasteiger partial charge in [-0.2, -0.15) is 0 Å². The van der Waals surface area contributed by atoms with Gasteiger partial charge in [-0.3, -0.25) is 4.79 Å². The van der Waals surface area contributed by atoms with Crippen LogP contribution in [-0.4, -0.2) is 34.9 Å². The summed E-state index contributed by atoms with van der Waals surface area (Å²) in [6.45, 7) is 4.28. The first-order chi connectivity index (χ1) is 18.2.